The van der Waals surface area contributed by atoms with Crippen molar-refractivity contribution in [2.75, 3.05) is 5.32 Å². The summed E-state index contributed by atoms with van der Waals surface area (Å²) in [5, 5.41) is 2.53. The molecule has 1 heterocycles. The predicted molar refractivity (Wildman–Crippen MR) is 99.3 cm³/mol. The topological polar surface area (TPSA) is 44.9 Å². The van der Waals surface area contributed by atoms with Crippen molar-refractivity contribution >= 4 is 35.1 Å². The number of amides is 1. The highest BCUT2D eigenvalue weighted by molar-refractivity contribution is 7.73. The maximum absolute atomic E-state index is 13.1. The lowest BCUT2D eigenvalue weighted by Gasteiger charge is -2.12. The molecule has 2 N–H and O–H groups in total. The van der Waals surface area contributed by atoms with Crippen molar-refractivity contribution in [1.82, 2.24) is 4.98 Å². The van der Waals surface area contributed by atoms with E-state index in [9.17, 15) is 26.7 Å². The summed E-state index contributed by atoms with van der Waals surface area (Å²) in [6.45, 7) is 0. The summed E-state index contributed by atoms with van der Waals surface area (Å²) in [5.41, 5.74) is -0.222. The van der Waals surface area contributed by atoms with Crippen molar-refractivity contribution in [2.45, 2.75) is 12.6 Å². The molecule has 1 aromatic heterocycles. The smallest absolute Gasteiger partial charge is 0.335 e. The lowest BCUT2D eigenvalue weighted by molar-refractivity contribution is -0.137. The molecule has 0 aliphatic carbocycles. The highest BCUT2D eigenvalue weighted by Gasteiger charge is 2.30. The molecule has 0 bridgehead atoms. The van der Waals surface area contributed by atoms with Crippen LogP contribution in [0.5, 0.6) is 0 Å². The van der Waals surface area contributed by atoms with Crippen molar-refractivity contribution < 1.29 is 26.7 Å². The molecule has 3 rings (SSSR count). The Bertz CT molecular complexity index is 1050. The third-order valence-corrected chi connectivity index (χ3v) is 5.05. The Morgan fingerprint density at radius 3 is 2.32 bits per heavy atom. The van der Waals surface area contributed by atoms with E-state index in [1.807, 2.05) is 0 Å². The number of hydrogen-bond donors (Lipinski definition) is 2. The first-order chi connectivity index (χ1) is 13.2. The highest BCUT2D eigenvalue weighted by atomic mass is 32.1. The fraction of sp³-hybridized carbons (Fsp3) is 0.111. The summed E-state index contributed by atoms with van der Waals surface area (Å²) in [6, 6.07) is 10.8. The van der Waals surface area contributed by atoms with E-state index in [1.165, 1.54) is 18.2 Å². The van der Waals surface area contributed by atoms with Gasteiger partial charge in [-0.2, -0.15) is 13.2 Å². The van der Waals surface area contributed by atoms with E-state index in [4.69, 9.17) is 12.2 Å². The molecule has 0 spiro atoms. The SMILES string of the molecule is O=C(Nc1ccccc1-c1ccc(C(F)(F)F)cc1)c1sc(=S)[nH]c1C(F)F. The second kappa shape index (κ2) is 7.80. The van der Waals surface area contributed by atoms with E-state index in [0.29, 0.717) is 11.1 Å². The number of anilines is 1. The van der Waals surface area contributed by atoms with Gasteiger partial charge in [0.2, 0.25) is 0 Å². The molecule has 0 saturated carbocycles. The van der Waals surface area contributed by atoms with Crippen molar-refractivity contribution in [2.24, 2.45) is 0 Å². The van der Waals surface area contributed by atoms with Crippen LogP contribution < -0.4 is 5.32 Å². The number of rotatable bonds is 4. The Balaban J connectivity index is 1.93. The molecule has 0 aliphatic rings. The van der Waals surface area contributed by atoms with E-state index in [-0.39, 0.29) is 14.5 Å². The molecule has 2 aromatic carbocycles. The zero-order chi connectivity index (χ0) is 20.5. The van der Waals surface area contributed by atoms with E-state index in [0.717, 1.165) is 23.5 Å². The van der Waals surface area contributed by atoms with Crippen LogP contribution in [0.4, 0.5) is 27.6 Å². The molecule has 3 aromatic rings. The van der Waals surface area contributed by atoms with Crippen molar-refractivity contribution in [3.05, 3.63) is 68.6 Å². The van der Waals surface area contributed by atoms with E-state index >= 15 is 0 Å². The minimum absolute atomic E-state index is 0.0384. The number of halogens is 5. The number of para-hydroxylation sites is 1. The molecule has 0 atom stereocenters. The zero-order valence-corrected chi connectivity index (χ0v) is 15.4. The van der Waals surface area contributed by atoms with Crippen LogP contribution in [-0.2, 0) is 6.18 Å². The van der Waals surface area contributed by atoms with Gasteiger partial charge in [-0.25, -0.2) is 8.78 Å². The summed E-state index contributed by atoms with van der Waals surface area (Å²) in [5.74, 6) is -0.785. The maximum atomic E-state index is 13.1. The van der Waals surface area contributed by atoms with E-state index in [2.05, 4.69) is 10.3 Å². The second-order valence-corrected chi connectivity index (χ2v) is 7.32. The number of thiazole rings is 1. The summed E-state index contributed by atoms with van der Waals surface area (Å²) in [7, 11) is 0. The summed E-state index contributed by atoms with van der Waals surface area (Å²) >= 11 is 5.54. The van der Waals surface area contributed by atoms with Gasteiger partial charge in [-0.1, -0.05) is 41.7 Å². The number of aromatic nitrogens is 1. The monoisotopic (exact) mass is 430 g/mol. The average molecular weight is 430 g/mol. The Hall–Kier alpha value is -2.59. The molecule has 146 valence electrons. The van der Waals surface area contributed by atoms with E-state index in [1.54, 1.807) is 18.2 Å². The first kappa shape index (κ1) is 20.2. The van der Waals surface area contributed by atoms with Crippen molar-refractivity contribution in [3.8, 4) is 11.1 Å². The summed E-state index contributed by atoms with van der Waals surface area (Å²) in [4.78, 5) is 14.5. The summed E-state index contributed by atoms with van der Waals surface area (Å²) < 4.78 is 64.4. The quantitative estimate of drug-likeness (QED) is 0.358. The number of aromatic amines is 1. The fourth-order valence-corrected chi connectivity index (χ4v) is 3.62. The molecule has 0 aliphatic heterocycles. The fourth-order valence-electron chi connectivity index (χ4n) is 2.52. The molecule has 0 saturated heterocycles. The van der Waals surface area contributed by atoms with Gasteiger partial charge in [-0.15, -0.1) is 0 Å². The molecule has 0 unspecified atom stereocenters. The van der Waals surface area contributed by atoms with Gasteiger partial charge in [-0.05, 0) is 36.0 Å². The maximum Gasteiger partial charge on any atom is 0.416 e. The number of H-pyrrole nitrogens is 1. The van der Waals surface area contributed by atoms with E-state index < -0.39 is 29.8 Å². The minimum Gasteiger partial charge on any atom is -0.335 e. The van der Waals surface area contributed by atoms with Gasteiger partial charge in [0.05, 0.1) is 5.56 Å². The number of nitrogens with one attached hydrogen (secondary N) is 2. The molecule has 1 amide bonds. The Morgan fingerprint density at radius 2 is 1.71 bits per heavy atom. The van der Waals surface area contributed by atoms with Gasteiger partial charge in [0.15, 0.2) is 3.95 Å². The van der Waals surface area contributed by atoms with Crippen LogP contribution in [0.3, 0.4) is 0 Å². The molecular formula is C18H11F5N2OS2. The van der Waals surface area contributed by atoms with Gasteiger partial charge in [-0.3, -0.25) is 4.79 Å². The zero-order valence-electron chi connectivity index (χ0n) is 13.8. The second-order valence-electron chi connectivity index (χ2n) is 5.63. The van der Waals surface area contributed by atoms with Crippen molar-refractivity contribution in [3.63, 3.8) is 0 Å². The van der Waals surface area contributed by atoms with Gasteiger partial charge >= 0.3 is 6.18 Å². The molecule has 0 fully saturated rings. The number of carbonyl (C=O) groups excluding carboxylic acids is 1. The van der Waals surface area contributed by atoms with Crippen LogP contribution in [0.1, 0.15) is 27.4 Å². The lowest BCUT2D eigenvalue weighted by atomic mass is 10.0. The van der Waals surface area contributed by atoms with Gasteiger partial charge in [0.1, 0.15) is 10.6 Å². The standard InChI is InChI=1S/C18H11F5N2OS2/c19-15(20)13-14(28-17(27)25-13)16(26)24-12-4-2-1-3-11(12)9-5-7-10(8-6-9)18(21,22)23/h1-8,15H,(H,24,26)(H,25,27). The van der Waals surface area contributed by atoms with Crippen LogP contribution in [0.15, 0.2) is 48.5 Å². The Morgan fingerprint density at radius 1 is 1.07 bits per heavy atom. The predicted octanol–water partition coefficient (Wildman–Crippen LogP) is 6.68. The Labute approximate surface area is 164 Å². The van der Waals surface area contributed by atoms with Crippen LogP contribution >= 0.6 is 23.6 Å². The van der Waals surface area contributed by atoms with Crippen LogP contribution in [0.2, 0.25) is 0 Å². The van der Waals surface area contributed by atoms with Gasteiger partial charge < -0.3 is 10.3 Å². The number of alkyl halides is 5. The molecule has 10 heteroatoms. The average Bonchev–Trinajstić information content (AvgIpc) is 3.04. The molecule has 0 radical (unpaired) electrons. The third-order valence-electron chi connectivity index (χ3n) is 3.80. The molecule has 28 heavy (non-hydrogen) atoms. The largest absolute Gasteiger partial charge is 0.416 e. The minimum atomic E-state index is -4.46. The van der Waals surface area contributed by atoms with Crippen LogP contribution in [-0.4, -0.2) is 10.9 Å². The summed E-state index contributed by atoms with van der Waals surface area (Å²) in [6.07, 6.45) is -7.37. The normalized spacial score (nSPS) is 11.6. The van der Waals surface area contributed by atoms with Crippen molar-refractivity contribution in [1.29, 1.82) is 0 Å². The number of benzene rings is 2. The van der Waals surface area contributed by atoms with Gasteiger partial charge in [0, 0.05) is 11.3 Å². The lowest BCUT2D eigenvalue weighted by Crippen LogP contribution is -2.13. The first-order valence-electron chi connectivity index (χ1n) is 7.76. The molecule has 3 nitrogen and oxygen atoms in total. The first-order valence-corrected chi connectivity index (χ1v) is 8.98. The Kier molecular flexibility index (Phi) is 5.61. The third kappa shape index (κ3) is 4.28. The van der Waals surface area contributed by atoms with Crippen LogP contribution in [0, 0.1) is 3.95 Å². The van der Waals surface area contributed by atoms with Crippen LogP contribution in [0.25, 0.3) is 11.1 Å². The highest BCUT2D eigenvalue weighted by Crippen LogP contribution is 2.34. The number of carbonyl (C=O) groups is 1. The molecular weight excluding hydrogens is 419 g/mol. The van der Waals surface area contributed by atoms with Gasteiger partial charge in [0.25, 0.3) is 12.3 Å². The number of hydrogen-bond acceptors (Lipinski definition) is 3.